The van der Waals surface area contributed by atoms with E-state index in [-0.39, 0.29) is 0 Å². The summed E-state index contributed by atoms with van der Waals surface area (Å²) in [6.07, 6.45) is 0. The van der Waals surface area contributed by atoms with E-state index in [1.807, 2.05) is 22.7 Å². The molecule has 0 radical (unpaired) electrons. The third-order valence-electron chi connectivity index (χ3n) is 5.37. The molecule has 0 fully saturated rings. The maximum atomic E-state index is 2.47. The summed E-state index contributed by atoms with van der Waals surface area (Å²) in [6.45, 7) is 0. The molecule has 0 saturated carbocycles. The molecule has 4 aromatic carbocycles. The van der Waals surface area contributed by atoms with Crippen LogP contribution in [0.25, 0.3) is 38.8 Å². The van der Waals surface area contributed by atoms with Crippen molar-refractivity contribution in [1.29, 1.82) is 0 Å². The molecular formula is C28H17IS2Se2. The third kappa shape index (κ3) is 4.37. The molecule has 7 rings (SSSR count). The number of halogens is 1. The zero-order chi connectivity index (χ0) is 22.2. The quantitative estimate of drug-likeness (QED) is 0.130. The van der Waals surface area contributed by atoms with Crippen molar-refractivity contribution in [2.75, 3.05) is 0 Å². The Bertz CT molecular complexity index is 1640. The van der Waals surface area contributed by atoms with Gasteiger partial charge in [0.1, 0.15) is 0 Å². The van der Waals surface area contributed by atoms with E-state index in [4.69, 9.17) is 0 Å². The van der Waals surface area contributed by atoms with Crippen molar-refractivity contribution in [2.45, 2.75) is 0 Å². The molecule has 0 N–H and O–H groups in total. The van der Waals surface area contributed by atoms with E-state index in [2.05, 4.69) is 126 Å². The molecular weight excluding hydrogens is 685 g/mol. The first-order chi connectivity index (χ1) is 16.3. The summed E-state index contributed by atoms with van der Waals surface area (Å²) in [4.78, 5) is 0. The Morgan fingerprint density at radius 3 is 2.00 bits per heavy atom. The van der Waals surface area contributed by atoms with Gasteiger partial charge in [0.05, 0.1) is 0 Å². The Labute approximate surface area is 226 Å². The van der Waals surface area contributed by atoms with Crippen molar-refractivity contribution < 1.29 is 0 Å². The minimum absolute atomic E-state index is 0.414. The molecule has 0 aliphatic heterocycles. The van der Waals surface area contributed by atoms with Gasteiger partial charge in [-0.1, -0.05) is 0 Å². The van der Waals surface area contributed by atoms with Crippen LogP contribution in [0.2, 0.25) is 0 Å². The van der Waals surface area contributed by atoms with Gasteiger partial charge in [0.25, 0.3) is 0 Å². The first-order valence-electron chi connectivity index (χ1n) is 10.5. The fourth-order valence-corrected chi connectivity index (χ4v) is 13.0. The molecule has 7 aromatic rings. The van der Waals surface area contributed by atoms with Gasteiger partial charge in [-0.25, -0.2) is 0 Å². The Morgan fingerprint density at radius 1 is 0.606 bits per heavy atom. The molecule has 0 aliphatic rings. The predicted molar refractivity (Wildman–Crippen MR) is 160 cm³/mol. The monoisotopic (exact) mass is 704 g/mol. The van der Waals surface area contributed by atoms with Crippen LogP contribution in [0.3, 0.4) is 0 Å². The van der Waals surface area contributed by atoms with Crippen LogP contribution >= 0.6 is 45.3 Å². The van der Waals surface area contributed by atoms with Gasteiger partial charge in [0, 0.05) is 0 Å². The number of hydrogen-bond donors (Lipinski definition) is 0. The number of benzene rings is 4. The third-order valence-corrected chi connectivity index (χ3v) is 15.0. The topological polar surface area (TPSA) is 0 Å². The second-order valence-electron chi connectivity index (χ2n) is 7.47. The van der Waals surface area contributed by atoms with E-state index in [0.29, 0.717) is 29.5 Å². The van der Waals surface area contributed by atoms with Crippen LogP contribution in [-0.4, -0.2) is 29.5 Å². The van der Waals surface area contributed by atoms with Gasteiger partial charge in [-0.3, -0.25) is 0 Å². The summed E-state index contributed by atoms with van der Waals surface area (Å²) in [5.41, 5.74) is 0. The summed E-state index contributed by atoms with van der Waals surface area (Å²) in [6, 6.07) is 37.1. The maximum absolute atomic E-state index is 2.47. The molecule has 5 heteroatoms. The summed E-state index contributed by atoms with van der Waals surface area (Å²) >= 11 is 7.24. The summed E-state index contributed by atoms with van der Waals surface area (Å²) in [7, 11) is 0. The first kappa shape index (κ1) is 22.1. The van der Waals surface area contributed by atoms with Crippen LogP contribution in [0.1, 0.15) is 0 Å². The van der Waals surface area contributed by atoms with Gasteiger partial charge in [-0.05, 0) is 0 Å². The van der Waals surface area contributed by atoms with Crippen molar-refractivity contribution in [3.8, 4) is 0 Å². The van der Waals surface area contributed by atoms with Gasteiger partial charge in [-0.15, -0.1) is 0 Å². The zero-order valence-corrected chi connectivity index (χ0v) is 24.5. The van der Waals surface area contributed by atoms with Crippen molar-refractivity contribution >= 4 is 122 Å². The van der Waals surface area contributed by atoms with Crippen molar-refractivity contribution in [3.63, 3.8) is 0 Å². The van der Waals surface area contributed by atoms with Crippen LogP contribution in [0.5, 0.6) is 0 Å². The molecule has 0 saturated heterocycles. The van der Waals surface area contributed by atoms with Gasteiger partial charge in [-0.2, -0.15) is 0 Å². The zero-order valence-electron chi connectivity index (χ0n) is 17.3. The molecule has 0 aliphatic carbocycles. The molecule has 3 aromatic heterocycles. The van der Waals surface area contributed by atoms with Crippen LogP contribution in [0, 0.1) is 2.88 Å². The second-order valence-corrected chi connectivity index (χ2v) is 15.9. The van der Waals surface area contributed by atoms with Gasteiger partial charge in [0.15, 0.2) is 0 Å². The number of rotatable bonds is 2. The van der Waals surface area contributed by atoms with Gasteiger partial charge < -0.3 is 0 Å². The molecule has 0 bridgehead atoms. The van der Waals surface area contributed by atoms with E-state index in [9.17, 15) is 0 Å². The van der Waals surface area contributed by atoms with Crippen LogP contribution in [0.15, 0.2) is 103 Å². The van der Waals surface area contributed by atoms with Crippen LogP contribution in [-0.2, 0) is 0 Å². The summed E-state index contributed by atoms with van der Waals surface area (Å²) in [5.74, 6) is 0. The normalized spacial score (nSPS) is 11.3. The second kappa shape index (κ2) is 9.67. The summed E-state index contributed by atoms with van der Waals surface area (Å²) < 4.78 is 11.9. The van der Waals surface area contributed by atoms with Crippen molar-refractivity contribution in [1.82, 2.24) is 0 Å². The molecule has 3 heterocycles. The summed E-state index contributed by atoms with van der Waals surface area (Å²) in [5, 5.41) is 4.38. The fourth-order valence-electron chi connectivity index (χ4n) is 3.85. The standard InChI is InChI=1S/C14H9ISSe.C14H8SSe/c15-14-13(17-10-6-2-1-3-7-10)11-8-4-5-9-12(11)16-14;1-3-7-11-9(5-1)14-13(15-11)10-6-2-4-8-12(10)16-14/h1-9H;1-8H. The molecule has 0 nitrogen and oxygen atoms in total. The molecule has 33 heavy (non-hydrogen) atoms. The Kier molecular flexibility index (Phi) is 6.47. The minimum atomic E-state index is 0.414. The van der Waals surface area contributed by atoms with Crippen LogP contribution in [0.4, 0.5) is 0 Å². The number of fused-ring (bicyclic) bond motifs is 6. The van der Waals surface area contributed by atoms with Gasteiger partial charge in [0.2, 0.25) is 0 Å². The molecule has 0 unspecified atom stereocenters. The Morgan fingerprint density at radius 2 is 1.21 bits per heavy atom. The van der Waals surface area contributed by atoms with Crippen LogP contribution < -0.4 is 8.92 Å². The SMILES string of the molecule is Ic1sc2ccccc2c1[Se]c1ccccc1.c1ccc2c(c1)sc1c3ccccc3[se]c21. The number of thiophene rings is 2. The van der Waals surface area contributed by atoms with Crippen molar-refractivity contribution in [3.05, 3.63) is 106 Å². The van der Waals surface area contributed by atoms with E-state index in [1.54, 1.807) is 8.52 Å². The fraction of sp³-hybridized carbons (Fsp3) is 0. The number of hydrogen-bond acceptors (Lipinski definition) is 2. The van der Waals surface area contributed by atoms with E-state index in [0.717, 1.165) is 0 Å². The average Bonchev–Trinajstić information content (AvgIpc) is 3.50. The van der Waals surface area contributed by atoms with Crippen molar-refractivity contribution in [2.24, 2.45) is 0 Å². The molecule has 0 atom stereocenters. The average molecular weight is 702 g/mol. The molecule has 0 spiro atoms. The Balaban J connectivity index is 0.000000125. The van der Waals surface area contributed by atoms with Gasteiger partial charge >= 0.3 is 228 Å². The van der Waals surface area contributed by atoms with E-state index < -0.39 is 0 Å². The molecule has 0 amide bonds. The van der Waals surface area contributed by atoms with E-state index >= 15 is 0 Å². The first-order valence-corrected chi connectivity index (χ1v) is 16.6. The predicted octanol–water partition coefficient (Wildman–Crippen LogP) is 7.43. The molecule has 160 valence electrons. The van der Waals surface area contributed by atoms with E-state index in [1.165, 1.54) is 42.1 Å². The Hall–Kier alpha value is -1.43.